The first-order valence-corrected chi connectivity index (χ1v) is 7.16. The molecule has 0 spiro atoms. The van der Waals surface area contributed by atoms with E-state index in [2.05, 4.69) is 25.8 Å². The van der Waals surface area contributed by atoms with Crippen molar-refractivity contribution in [2.75, 3.05) is 7.05 Å². The van der Waals surface area contributed by atoms with E-state index in [9.17, 15) is 4.79 Å². The Hall–Kier alpha value is -1.09. The Bertz CT molecular complexity index is 446. The first kappa shape index (κ1) is 16.0. The molecule has 1 unspecified atom stereocenters. The van der Waals surface area contributed by atoms with Crippen LogP contribution in [-0.4, -0.2) is 28.9 Å². The molecule has 1 heterocycles. The molecule has 0 saturated carbocycles. The first-order valence-electron chi connectivity index (χ1n) is 6.78. The summed E-state index contributed by atoms with van der Waals surface area (Å²) in [6.07, 6.45) is 1.76. The Morgan fingerprint density at radius 2 is 2.00 bits per heavy atom. The van der Waals surface area contributed by atoms with Crippen molar-refractivity contribution >= 4 is 17.5 Å². The summed E-state index contributed by atoms with van der Waals surface area (Å²) >= 11 is 5.96. The molecule has 0 aromatic carbocycles. The van der Waals surface area contributed by atoms with Gasteiger partial charge in [0.2, 0.25) is 0 Å². The number of hydrogen-bond donors (Lipinski definition) is 0. The molecule has 19 heavy (non-hydrogen) atoms. The molecule has 0 saturated heterocycles. The number of aromatic nitrogens is 1. The maximum Gasteiger partial charge on any atom is 0.254 e. The van der Waals surface area contributed by atoms with Gasteiger partial charge in [-0.05, 0) is 37.8 Å². The first-order chi connectivity index (χ1) is 8.85. The number of rotatable bonds is 5. The summed E-state index contributed by atoms with van der Waals surface area (Å²) in [7, 11) is 1.84. The maximum atomic E-state index is 12.4. The highest BCUT2D eigenvalue weighted by Crippen LogP contribution is 2.16. The summed E-state index contributed by atoms with van der Waals surface area (Å²) in [5.41, 5.74) is 1.47. The second-order valence-electron chi connectivity index (χ2n) is 5.42. The highest BCUT2D eigenvalue weighted by molar-refractivity contribution is 6.29. The van der Waals surface area contributed by atoms with Crippen molar-refractivity contribution in [1.82, 2.24) is 9.88 Å². The van der Waals surface area contributed by atoms with Crippen LogP contribution in [-0.2, 0) is 6.42 Å². The average molecular weight is 283 g/mol. The zero-order chi connectivity index (χ0) is 14.6. The molecule has 0 aliphatic carbocycles. The van der Waals surface area contributed by atoms with Gasteiger partial charge < -0.3 is 4.90 Å². The fourth-order valence-corrected chi connectivity index (χ4v) is 2.33. The van der Waals surface area contributed by atoms with Gasteiger partial charge in [0.05, 0.1) is 0 Å². The van der Waals surface area contributed by atoms with Crippen LogP contribution in [0, 0.1) is 5.92 Å². The predicted octanol–water partition coefficient (Wildman–Crippen LogP) is 3.80. The molecule has 0 aliphatic rings. The number of halogens is 1. The lowest BCUT2D eigenvalue weighted by Gasteiger charge is -2.26. The molecule has 1 atom stereocenters. The van der Waals surface area contributed by atoms with Crippen LogP contribution in [0.25, 0.3) is 0 Å². The highest BCUT2D eigenvalue weighted by Gasteiger charge is 2.19. The standard InChI is InChI=1S/C15H23ClN2O/c1-6-13-8-12(9-14(16)17-13)15(19)18(5)11(4)7-10(2)3/h8-11H,6-7H2,1-5H3. The van der Waals surface area contributed by atoms with Crippen LogP contribution in [0.2, 0.25) is 5.15 Å². The van der Waals surface area contributed by atoms with Crippen molar-refractivity contribution in [1.29, 1.82) is 0 Å². The van der Waals surface area contributed by atoms with Gasteiger partial charge in [0.1, 0.15) is 5.15 Å². The smallest absolute Gasteiger partial charge is 0.254 e. The highest BCUT2D eigenvalue weighted by atomic mass is 35.5. The third kappa shape index (κ3) is 4.50. The third-order valence-corrected chi connectivity index (χ3v) is 3.44. The van der Waals surface area contributed by atoms with Crippen molar-refractivity contribution in [2.24, 2.45) is 5.92 Å². The third-order valence-electron chi connectivity index (χ3n) is 3.25. The van der Waals surface area contributed by atoms with Crippen LogP contribution in [0.5, 0.6) is 0 Å². The molecule has 1 rings (SSSR count). The van der Waals surface area contributed by atoms with Crippen LogP contribution in [0.3, 0.4) is 0 Å². The number of carbonyl (C=O) groups excluding carboxylic acids is 1. The summed E-state index contributed by atoms with van der Waals surface area (Å²) in [5, 5.41) is 0.382. The SMILES string of the molecule is CCc1cc(C(=O)N(C)C(C)CC(C)C)cc(Cl)n1. The molecule has 4 heteroatoms. The molecule has 1 aromatic heterocycles. The lowest BCUT2D eigenvalue weighted by molar-refractivity contribution is 0.0728. The summed E-state index contributed by atoms with van der Waals surface area (Å²) in [5.74, 6) is 0.574. The molecular formula is C15H23ClN2O. The van der Waals surface area contributed by atoms with E-state index >= 15 is 0 Å². The molecule has 1 amide bonds. The fraction of sp³-hybridized carbons (Fsp3) is 0.600. The maximum absolute atomic E-state index is 12.4. The van der Waals surface area contributed by atoms with E-state index in [1.165, 1.54) is 0 Å². The van der Waals surface area contributed by atoms with Gasteiger partial charge in [-0.1, -0.05) is 32.4 Å². The Morgan fingerprint density at radius 3 is 2.53 bits per heavy atom. The number of pyridine rings is 1. The van der Waals surface area contributed by atoms with E-state index < -0.39 is 0 Å². The van der Waals surface area contributed by atoms with Gasteiger partial charge in [0.15, 0.2) is 0 Å². The lowest BCUT2D eigenvalue weighted by atomic mass is 10.0. The minimum absolute atomic E-state index is 0.00662. The van der Waals surface area contributed by atoms with Gasteiger partial charge >= 0.3 is 0 Å². The molecule has 1 aromatic rings. The second kappa shape index (κ2) is 6.90. The Kier molecular flexibility index (Phi) is 5.80. The summed E-state index contributed by atoms with van der Waals surface area (Å²) in [4.78, 5) is 18.4. The lowest BCUT2D eigenvalue weighted by Crippen LogP contribution is -2.36. The van der Waals surface area contributed by atoms with Crippen molar-refractivity contribution in [3.05, 3.63) is 28.5 Å². The van der Waals surface area contributed by atoms with E-state index in [0.717, 1.165) is 18.5 Å². The zero-order valence-electron chi connectivity index (χ0n) is 12.4. The van der Waals surface area contributed by atoms with Crippen LogP contribution in [0.1, 0.15) is 50.2 Å². The molecule has 3 nitrogen and oxygen atoms in total. The van der Waals surface area contributed by atoms with Gasteiger partial charge in [-0.2, -0.15) is 0 Å². The number of hydrogen-bond acceptors (Lipinski definition) is 2. The minimum Gasteiger partial charge on any atom is -0.339 e. The van der Waals surface area contributed by atoms with Crippen LogP contribution < -0.4 is 0 Å². The van der Waals surface area contributed by atoms with Crippen molar-refractivity contribution in [3.8, 4) is 0 Å². The van der Waals surface area contributed by atoms with Gasteiger partial charge in [-0.15, -0.1) is 0 Å². The quantitative estimate of drug-likeness (QED) is 0.770. The predicted molar refractivity (Wildman–Crippen MR) is 79.6 cm³/mol. The molecule has 0 fully saturated rings. The normalized spacial score (nSPS) is 12.6. The van der Waals surface area contributed by atoms with Crippen molar-refractivity contribution < 1.29 is 4.79 Å². The van der Waals surface area contributed by atoms with Crippen molar-refractivity contribution in [2.45, 2.75) is 46.6 Å². The second-order valence-corrected chi connectivity index (χ2v) is 5.81. The Balaban J connectivity index is 2.90. The summed E-state index contributed by atoms with van der Waals surface area (Å²) in [6.45, 7) is 8.39. The number of amides is 1. The summed E-state index contributed by atoms with van der Waals surface area (Å²) < 4.78 is 0. The van der Waals surface area contributed by atoms with E-state index in [1.807, 2.05) is 20.0 Å². The van der Waals surface area contributed by atoms with E-state index in [4.69, 9.17) is 11.6 Å². The monoisotopic (exact) mass is 282 g/mol. The molecular weight excluding hydrogens is 260 g/mol. The van der Waals surface area contributed by atoms with E-state index in [-0.39, 0.29) is 11.9 Å². The number of nitrogens with zero attached hydrogens (tertiary/aromatic N) is 2. The topological polar surface area (TPSA) is 33.2 Å². The fourth-order valence-electron chi connectivity index (χ4n) is 2.10. The molecule has 0 bridgehead atoms. The number of carbonyl (C=O) groups is 1. The van der Waals surface area contributed by atoms with Gasteiger partial charge in [0, 0.05) is 24.3 Å². The molecule has 0 aliphatic heterocycles. The number of aryl methyl sites for hydroxylation is 1. The van der Waals surface area contributed by atoms with Gasteiger partial charge in [-0.3, -0.25) is 4.79 Å². The van der Waals surface area contributed by atoms with Crippen LogP contribution in [0.4, 0.5) is 0 Å². The largest absolute Gasteiger partial charge is 0.339 e. The minimum atomic E-state index is 0.00662. The Labute approximate surface area is 121 Å². The van der Waals surface area contributed by atoms with Crippen molar-refractivity contribution in [3.63, 3.8) is 0 Å². The molecule has 0 radical (unpaired) electrons. The Morgan fingerprint density at radius 1 is 1.37 bits per heavy atom. The average Bonchev–Trinajstić information content (AvgIpc) is 2.35. The van der Waals surface area contributed by atoms with Gasteiger partial charge in [-0.25, -0.2) is 4.98 Å². The van der Waals surface area contributed by atoms with E-state index in [0.29, 0.717) is 16.6 Å². The molecule has 106 valence electrons. The summed E-state index contributed by atoms with van der Waals surface area (Å²) in [6, 6.07) is 3.68. The van der Waals surface area contributed by atoms with Crippen LogP contribution >= 0.6 is 11.6 Å². The van der Waals surface area contributed by atoms with E-state index in [1.54, 1.807) is 11.0 Å². The van der Waals surface area contributed by atoms with Gasteiger partial charge in [0.25, 0.3) is 5.91 Å². The zero-order valence-corrected chi connectivity index (χ0v) is 13.2. The van der Waals surface area contributed by atoms with Crippen LogP contribution in [0.15, 0.2) is 12.1 Å². The molecule has 0 N–H and O–H groups in total.